The number of hydrazone groups is 1. The molecule has 0 saturated carbocycles. The number of ether oxygens (including phenoxy) is 1. The summed E-state index contributed by atoms with van der Waals surface area (Å²) in [4.78, 5) is 17.8. The maximum Gasteiger partial charge on any atom is 0.272 e. The number of halogens is 2. The van der Waals surface area contributed by atoms with Gasteiger partial charge in [-0.3, -0.25) is 4.79 Å². The van der Waals surface area contributed by atoms with E-state index in [0.717, 1.165) is 33.3 Å². The minimum Gasteiger partial charge on any atom is -0.489 e. The van der Waals surface area contributed by atoms with Crippen molar-refractivity contribution in [3.8, 4) is 17.0 Å². The first kappa shape index (κ1) is 24.5. The molecule has 5 rings (SSSR count). The predicted molar refractivity (Wildman–Crippen MR) is 149 cm³/mol. The number of hydrogen-bond acceptors (Lipinski definition) is 4. The van der Waals surface area contributed by atoms with Gasteiger partial charge in [0.05, 0.1) is 33.0 Å². The molecule has 1 aromatic heterocycles. The lowest BCUT2D eigenvalue weighted by Crippen LogP contribution is -2.18. The van der Waals surface area contributed by atoms with Crippen LogP contribution in [-0.4, -0.2) is 17.1 Å². The van der Waals surface area contributed by atoms with E-state index >= 15 is 0 Å². The van der Waals surface area contributed by atoms with Crippen LogP contribution in [0.1, 0.15) is 21.5 Å². The topological polar surface area (TPSA) is 63.6 Å². The van der Waals surface area contributed by atoms with E-state index in [1.165, 1.54) is 0 Å². The van der Waals surface area contributed by atoms with Gasteiger partial charge in [0.2, 0.25) is 0 Å². The zero-order valence-corrected chi connectivity index (χ0v) is 21.1. The number of carbonyl (C=O) groups is 1. The standard InChI is InChI=1S/C30H21Cl2N3O2/c31-26-15-12-21(16-27(26)32)19-37-23-13-10-20(11-14-23)18-33-35-30(36)25-17-29(22-6-2-1-3-7-22)34-28-9-5-4-8-24(25)28/h1-18H,19H2,(H,35,36)/b33-18+. The van der Waals surface area contributed by atoms with Crippen molar-refractivity contribution in [1.82, 2.24) is 10.4 Å². The Bertz CT molecular complexity index is 1590. The van der Waals surface area contributed by atoms with Crippen LogP contribution in [-0.2, 0) is 6.61 Å². The van der Waals surface area contributed by atoms with Gasteiger partial charge in [-0.15, -0.1) is 0 Å². The number of carbonyl (C=O) groups excluding carboxylic acids is 1. The number of para-hydroxylation sites is 1. The minimum absolute atomic E-state index is 0.311. The quantitative estimate of drug-likeness (QED) is 0.176. The molecule has 5 aromatic rings. The number of fused-ring (bicyclic) bond motifs is 1. The molecule has 7 heteroatoms. The van der Waals surface area contributed by atoms with Gasteiger partial charge in [-0.25, -0.2) is 10.4 Å². The Morgan fingerprint density at radius 2 is 1.62 bits per heavy atom. The maximum absolute atomic E-state index is 13.1. The molecule has 0 radical (unpaired) electrons. The Balaban J connectivity index is 1.26. The molecule has 0 aliphatic carbocycles. The number of aromatic nitrogens is 1. The average Bonchev–Trinajstić information content (AvgIpc) is 2.94. The van der Waals surface area contributed by atoms with E-state index in [9.17, 15) is 4.79 Å². The minimum atomic E-state index is -0.311. The van der Waals surface area contributed by atoms with Crippen molar-refractivity contribution in [2.24, 2.45) is 5.10 Å². The zero-order valence-electron chi connectivity index (χ0n) is 19.6. The first-order valence-electron chi connectivity index (χ1n) is 11.5. The second-order valence-corrected chi connectivity index (χ2v) is 9.06. The number of benzene rings is 4. The summed E-state index contributed by atoms with van der Waals surface area (Å²) in [5.41, 5.74) is 7.28. The van der Waals surface area contributed by atoms with Gasteiger partial charge in [0.1, 0.15) is 12.4 Å². The van der Waals surface area contributed by atoms with E-state index in [4.69, 9.17) is 32.9 Å². The summed E-state index contributed by atoms with van der Waals surface area (Å²) in [5, 5.41) is 5.92. The molecular formula is C30H21Cl2N3O2. The van der Waals surface area contributed by atoms with E-state index in [-0.39, 0.29) is 5.91 Å². The molecule has 0 spiro atoms. The van der Waals surface area contributed by atoms with Crippen molar-refractivity contribution in [2.75, 3.05) is 0 Å². The Morgan fingerprint density at radius 3 is 2.41 bits per heavy atom. The van der Waals surface area contributed by atoms with Crippen molar-refractivity contribution >= 4 is 46.2 Å². The van der Waals surface area contributed by atoms with Crippen molar-refractivity contribution in [3.05, 3.63) is 130 Å². The Morgan fingerprint density at radius 1 is 0.865 bits per heavy atom. The summed E-state index contributed by atoms with van der Waals surface area (Å²) in [7, 11) is 0. The van der Waals surface area contributed by atoms with E-state index < -0.39 is 0 Å². The molecule has 0 saturated heterocycles. The third kappa shape index (κ3) is 5.97. The third-order valence-electron chi connectivity index (χ3n) is 5.68. The Hall–Kier alpha value is -4.19. The zero-order chi connectivity index (χ0) is 25.6. The van der Waals surface area contributed by atoms with Crippen LogP contribution in [0.15, 0.2) is 108 Å². The van der Waals surface area contributed by atoms with Crippen LogP contribution in [0, 0.1) is 0 Å². The SMILES string of the molecule is O=C(N/N=C/c1ccc(OCc2ccc(Cl)c(Cl)c2)cc1)c1cc(-c2ccccc2)nc2ccccc12. The van der Waals surface area contributed by atoms with Crippen LogP contribution in [0.25, 0.3) is 22.2 Å². The lowest BCUT2D eigenvalue weighted by molar-refractivity contribution is 0.0956. The fourth-order valence-electron chi connectivity index (χ4n) is 3.79. The highest BCUT2D eigenvalue weighted by Gasteiger charge is 2.13. The summed E-state index contributed by atoms with van der Waals surface area (Å²) >= 11 is 12.0. The molecule has 0 unspecified atom stereocenters. The molecule has 182 valence electrons. The predicted octanol–water partition coefficient (Wildman–Crippen LogP) is 7.55. The van der Waals surface area contributed by atoms with Gasteiger partial charge in [-0.2, -0.15) is 5.10 Å². The van der Waals surface area contributed by atoms with Crippen molar-refractivity contribution in [3.63, 3.8) is 0 Å². The van der Waals surface area contributed by atoms with Gasteiger partial charge in [0, 0.05) is 10.9 Å². The molecule has 5 nitrogen and oxygen atoms in total. The Labute approximate surface area is 224 Å². The molecular weight excluding hydrogens is 505 g/mol. The van der Waals surface area contributed by atoms with Gasteiger partial charge in [-0.05, 0) is 59.7 Å². The highest BCUT2D eigenvalue weighted by molar-refractivity contribution is 6.42. The van der Waals surface area contributed by atoms with Crippen LogP contribution < -0.4 is 10.2 Å². The lowest BCUT2D eigenvalue weighted by atomic mass is 10.0. The third-order valence-corrected chi connectivity index (χ3v) is 6.42. The van der Waals surface area contributed by atoms with Crippen molar-refractivity contribution in [2.45, 2.75) is 6.61 Å². The second-order valence-electron chi connectivity index (χ2n) is 8.24. The van der Waals surface area contributed by atoms with E-state index in [0.29, 0.717) is 28.0 Å². The highest BCUT2D eigenvalue weighted by Crippen LogP contribution is 2.25. The van der Waals surface area contributed by atoms with Gasteiger partial charge < -0.3 is 4.74 Å². The van der Waals surface area contributed by atoms with Crippen molar-refractivity contribution < 1.29 is 9.53 Å². The molecule has 1 N–H and O–H groups in total. The van der Waals surface area contributed by atoms with Gasteiger partial charge in [0.15, 0.2) is 0 Å². The molecule has 0 bridgehead atoms. The number of rotatable bonds is 7. The van der Waals surface area contributed by atoms with Gasteiger partial charge in [0.25, 0.3) is 5.91 Å². The monoisotopic (exact) mass is 525 g/mol. The summed E-state index contributed by atoms with van der Waals surface area (Å²) in [6.45, 7) is 0.366. The summed E-state index contributed by atoms with van der Waals surface area (Å²) < 4.78 is 5.81. The van der Waals surface area contributed by atoms with Crippen LogP contribution in [0.4, 0.5) is 0 Å². The Kier molecular flexibility index (Phi) is 7.45. The first-order chi connectivity index (χ1) is 18.1. The lowest BCUT2D eigenvalue weighted by Gasteiger charge is -2.09. The molecule has 0 atom stereocenters. The van der Waals surface area contributed by atoms with Gasteiger partial charge in [-0.1, -0.05) is 77.8 Å². The first-order valence-corrected chi connectivity index (χ1v) is 12.3. The van der Waals surface area contributed by atoms with Crippen LogP contribution in [0.2, 0.25) is 10.0 Å². The fraction of sp³-hybridized carbons (Fsp3) is 0.0333. The molecule has 4 aromatic carbocycles. The molecule has 1 amide bonds. The fourth-order valence-corrected chi connectivity index (χ4v) is 4.11. The average molecular weight is 526 g/mol. The van der Waals surface area contributed by atoms with Crippen LogP contribution >= 0.6 is 23.2 Å². The van der Waals surface area contributed by atoms with E-state index in [1.54, 1.807) is 24.4 Å². The number of nitrogens with one attached hydrogen (secondary N) is 1. The largest absolute Gasteiger partial charge is 0.489 e. The molecule has 0 aliphatic rings. The number of amides is 1. The van der Waals surface area contributed by atoms with E-state index in [2.05, 4.69) is 10.5 Å². The normalized spacial score (nSPS) is 11.1. The smallest absolute Gasteiger partial charge is 0.272 e. The van der Waals surface area contributed by atoms with Gasteiger partial charge >= 0.3 is 0 Å². The molecule has 37 heavy (non-hydrogen) atoms. The number of hydrogen-bond donors (Lipinski definition) is 1. The van der Waals surface area contributed by atoms with Crippen LogP contribution in [0.5, 0.6) is 5.75 Å². The van der Waals surface area contributed by atoms with Crippen molar-refractivity contribution in [1.29, 1.82) is 0 Å². The van der Waals surface area contributed by atoms with E-state index in [1.807, 2.05) is 84.9 Å². The molecule has 0 aliphatic heterocycles. The highest BCUT2D eigenvalue weighted by atomic mass is 35.5. The summed E-state index contributed by atoms with van der Waals surface area (Å²) in [6.07, 6.45) is 1.59. The molecule has 0 fully saturated rings. The second kappa shape index (κ2) is 11.2. The number of pyridine rings is 1. The van der Waals surface area contributed by atoms with Crippen LogP contribution in [0.3, 0.4) is 0 Å². The maximum atomic E-state index is 13.1. The number of nitrogens with zero attached hydrogens (tertiary/aromatic N) is 2. The summed E-state index contributed by atoms with van der Waals surface area (Å²) in [6, 6.07) is 31.9. The summed E-state index contributed by atoms with van der Waals surface area (Å²) in [5.74, 6) is 0.387. The molecule has 1 heterocycles.